The smallest absolute Gasteiger partial charge is 0.146 e. The zero-order valence-electron chi connectivity index (χ0n) is 11.4. The summed E-state index contributed by atoms with van der Waals surface area (Å²) in [5.41, 5.74) is 7.44. The highest BCUT2D eigenvalue weighted by molar-refractivity contribution is 5.58. The van der Waals surface area contributed by atoms with Crippen LogP contribution >= 0.6 is 0 Å². The number of hydrogen-bond donors (Lipinski definition) is 1. The Bertz CT molecular complexity index is 403. The Morgan fingerprint density at radius 2 is 1.83 bits per heavy atom. The summed E-state index contributed by atoms with van der Waals surface area (Å²) in [6, 6.07) is 4.82. The number of benzene rings is 1. The van der Waals surface area contributed by atoms with Gasteiger partial charge in [-0.3, -0.25) is 0 Å². The average molecular weight is 250 g/mol. The summed E-state index contributed by atoms with van der Waals surface area (Å²) in [6.45, 7) is 6.38. The minimum absolute atomic E-state index is 0.161. The van der Waals surface area contributed by atoms with Crippen LogP contribution in [0.1, 0.15) is 39.5 Å². The van der Waals surface area contributed by atoms with Crippen molar-refractivity contribution in [3.63, 3.8) is 0 Å². The van der Waals surface area contributed by atoms with E-state index in [0.717, 1.165) is 13.1 Å². The van der Waals surface area contributed by atoms with Gasteiger partial charge in [0.25, 0.3) is 0 Å². The molecule has 2 nitrogen and oxygen atoms in total. The Kier molecular flexibility index (Phi) is 3.79. The van der Waals surface area contributed by atoms with Crippen LogP contribution in [-0.2, 0) is 0 Å². The summed E-state index contributed by atoms with van der Waals surface area (Å²) in [5.74, 6) is -0.161. The summed E-state index contributed by atoms with van der Waals surface area (Å²) in [5, 5.41) is 0. The molecule has 100 valence electrons. The van der Waals surface area contributed by atoms with Gasteiger partial charge in [-0.1, -0.05) is 26.7 Å². The molecule has 18 heavy (non-hydrogen) atoms. The van der Waals surface area contributed by atoms with Crippen LogP contribution in [0.2, 0.25) is 0 Å². The summed E-state index contributed by atoms with van der Waals surface area (Å²) >= 11 is 0. The Morgan fingerprint density at radius 1 is 1.22 bits per heavy atom. The van der Waals surface area contributed by atoms with Crippen LogP contribution < -0.4 is 10.6 Å². The van der Waals surface area contributed by atoms with Gasteiger partial charge >= 0.3 is 0 Å². The molecule has 0 bridgehead atoms. The molecule has 0 aliphatic carbocycles. The van der Waals surface area contributed by atoms with E-state index >= 15 is 0 Å². The van der Waals surface area contributed by atoms with Crippen molar-refractivity contribution < 1.29 is 4.39 Å². The highest BCUT2D eigenvalue weighted by atomic mass is 19.1. The van der Waals surface area contributed by atoms with Crippen molar-refractivity contribution in [2.75, 3.05) is 23.7 Å². The van der Waals surface area contributed by atoms with Gasteiger partial charge in [-0.2, -0.15) is 0 Å². The molecule has 3 heteroatoms. The minimum atomic E-state index is -0.161. The molecule has 1 aromatic rings. The fraction of sp³-hybridized carbons (Fsp3) is 0.600. The Morgan fingerprint density at radius 3 is 2.39 bits per heavy atom. The molecule has 1 aliphatic rings. The Balaban J connectivity index is 2.08. The van der Waals surface area contributed by atoms with E-state index in [1.54, 1.807) is 12.1 Å². The lowest BCUT2D eigenvalue weighted by molar-refractivity contribution is 0.172. The first-order valence-electron chi connectivity index (χ1n) is 6.90. The molecule has 0 amide bonds. The lowest BCUT2D eigenvalue weighted by Gasteiger charge is -2.52. The first-order valence-corrected chi connectivity index (χ1v) is 6.90. The molecule has 1 fully saturated rings. The molecule has 2 N–H and O–H groups in total. The molecule has 0 aromatic heterocycles. The second-order valence-electron chi connectivity index (χ2n) is 5.57. The molecule has 1 aliphatic heterocycles. The molecule has 0 spiro atoms. The SMILES string of the molecule is CCCC1(CCC)CN(c2cc(N)ccc2F)C1. The maximum Gasteiger partial charge on any atom is 0.146 e. The number of nitrogens with zero attached hydrogens (tertiary/aromatic N) is 1. The van der Waals surface area contributed by atoms with Crippen molar-refractivity contribution in [3.05, 3.63) is 24.0 Å². The largest absolute Gasteiger partial charge is 0.399 e. The zero-order chi connectivity index (χ0) is 13.2. The van der Waals surface area contributed by atoms with Crippen molar-refractivity contribution in [2.45, 2.75) is 39.5 Å². The van der Waals surface area contributed by atoms with E-state index in [0.29, 0.717) is 16.8 Å². The Hall–Kier alpha value is -1.25. The second-order valence-corrected chi connectivity index (χ2v) is 5.57. The standard InChI is InChI=1S/C15H23FN2/c1-3-7-15(8-4-2)10-18(11-15)14-9-12(17)5-6-13(14)16/h5-6,9H,3-4,7-8,10-11,17H2,1-2H3. The van der Waals surface area contributed by atoms with Gasteiger partial charge in [0.05, 0.1) is 5.69 Å². The molecular weight excluding hydrogens is 227 g/mol. The van der Waals surface area contributed by atoms with Gasteiger partial charge in [-0.25, -0.2) is 4.39 Å². The van der Waals surface area contributed by atoms with E-state index in [1.807, 2.05) is 0 Å². The molecule has 1 heterocycles. The van der Waals surface area contributed by atoms with Crippen molar-refractivity contribution >= 4 is 11.4 Å². The molecular formula is C15H23FN2. The van der Waals surface area contributed by atoms with Crippen LogP contribution in [0.25, 0.3) is 0 Å². The van der Waals surface area contributed by atoms with Crippen molar-refractivity contribution in [1.82, 2.24) is 0 Å². The third-order valence-corrected chi connectivity index (χ3v) is 3.92. The quantitative estimate of drug-likeness (QED) is 0.805. The monoisotopic (exact) mass is 250 g/mol. The van der Waals surface area contributed by atoms with Crippen molar-refractivity contribution in [1.29, 1.82) is 0 Å². The van der Waals surface area contributed by atoms with Gasteiger partial charge in [-0.05, 0) is 31.0 Å². The first-order chi connectivity index (χ1) is 8.60. The number of nitrogen functional groups attached to an aromatic ring is 1. The normalized spacial score (nSPS) is 17.6. The van der Waals surface area contributed by atoms with Crippen LogP contribution in [0.15, 0.2) is 18.2 Å². The third-order valence-electron chi connectivity index (χ3n) is 3.92. The molecule has 0 saturated carbocycles. The van der Waals surface area contributed by atoms with Gasteiger partial charge < -0.3 is 10.6 Å². The highest BCUT2D eigenvalue weighted by Crippen LogP contribution is 2.42. The molecule has 0 radical (unpaired) electrons. The average Bonchev–Trinajstić information content (AvgIpc) is 2.29. The summed E-state index contributed by atoms with van der Waals surface area (Å²) in [7, 11) is 0. The van der Waals surface area contributed by atoms with Crippen LogP contribution in [0.5, 0.6) is 0 Å². The first kappa shape index (κ1) is 13.2. The van der Waals surface area contributed by atoms with E-state index in [9.17, 15) is 4.39 Å². The van der Waals surface area contributed by atoms with Crippen molar-refractivity contribution in [3.8, 4) is 0 Å². The molecule has 0 atom stereocenters. The molecule has 2 rings (SSSR count). The summed E-state index contributed by atoms with van der Waals surface area (Å²) < 4.78 is 13.8. The number of nitrogens with two attached hydrogens (primary N) is 1. The van der Waals surface area contributed by atoms with E-state index in [1.165, 1.54) is 31.7 Å². The lowest BCUT2D eigenvalue weighted by Crippen LogP contribution is -2.56. The summed E-state index contributed by atoms with van der Waals surface area (Å²) in [6.07, 6.45) is 4.88. The number of anilines is 2. The topological polar surface area (TPSA) is 29.3 Å². The van der Waals surface area contributed by atoms with E-state index in [-0.39, 0.29) is 5.82 Å². The van der Waals surface area contributed by atoms with E-state index in [4.69, 9.17) is 5.73 Å². The third kappa shape index (κ3) is 2.45. The van der Waals surface area contributed by atoms with Gasteiger partial charge in [0.1, 0.15) is 5.82 Å². The molecule has 0 unspecified atom stereocenters. The van der Waals surface area contributed by atoms with Gasteiger partial charge in [0, 0.05) is 24.2 Å². The Labute approximate surface area is 109 Å². The van der Waals surface area contributed by atoms with Crippen LogP contribution in [0.3, 0.4) is 0 Å². The second kappa shape index (κ2) is 5.17. The van der Waals surface area contributed by atoms with Crippen molar-refractivity contribution in [2.24, 2.45) is 5.41 Å². The zero-order valence-corrected chi connectivity index (χ0v) is 11.4. The fourth-order valence-corrected chi connectivity index (χ4v) is 3.21. The lowest BCUT2D eigenvalue weighted by atomic mass is 9.72. The van der Waals surface area contributed by atoms with Gasteiger partial charge in [-0.15, -0.1) is 0 Å². The summed E-state index contributed by atoms with van der Waals surface area (Å²) in [4.78, 5) is 2.12. The van der Waals surface area contributed by atoms with Gasteiger partial charge in [0.15, 0.2) is 0 Å². The van der Waals surface area contributed by atoms with Crippen LogP contribution in [-0.4, -0.2) is 13.1 Å². The van der Waals surface area contributed by atoms with E-state index in [2.05, 4.69) is 18.7 Å². The van der Waals surface area contributed by atoms with Crippen LogP contribution in [0, 0.1) is 11.2 Å². The molecule has 1 aromatic carbocycles. The predicted octanol–water partition coefficient (Wildman–Crippen LogP) is 3.81. The molecule has 1 saturated heterocycles. The van der Waals surface area contributed by atoms with Crippen LogP contribution in [0.4, 0.5) is 15.8 Å². The number of hydrogen-bond acceptors (Lipinski definition) is 2. The van der Waals surface area contributed by atoms with E-state index < -0.39 is 0 Å². The fourth-order valence-electron chi connectivity index (χ4n) is 3.21. The highest BCUT2D eigenvalue weighted by Gasteiger charge is 2.41. The predicted molar refractivity (Wildman–Crippen MR) is 75.3 cm³/mol. The maximum absolute atomic E-state index is 13.8. The number of halogens is 1. The minimum Gasteiger partial charge on any atom is -0.399 e. The van der Waals surface area contributed by atoms with Gasteiger partial charge in [0.2, 0.25) is 0 Å². The number of rotatable bonds is 5. The maximum atomic E-state index is 13.8.